The van der Waals surface area contributed by atoms with Crippen LogP contribution in [0.2, 0.25) is 0 Å². The van der Waals surface area contributed by atoms with Gasteiger partial charge in [-0.2, -0.15) is 0 Å². The number of aryl methyl sites for hydroxylation is 1. The molecule has 3 aromatic carbocycles. The highest BCUT2D eigenvalue weighted by Gasteiger charge is 2.48. The van der Waals surface area contributed by atoms with E-state index in [1.54, 1.807) is 0 Å². The van der Waals surface area contributed by atoms with E-state index in [9.17, 15) is 4.79 Å². The fourth-order valence-electron chi connectivity index (χ4n) is 5.87. The van der Waals surface area contributed by atoms with Crippen LogP contribution >= 0.6 is 7.14 Å². The summed E-state index contributed by atoms with van der Waals surface area (Å²) in [7, 11) is -1.28. The Bertz CT molecular complexity index is 1450. The molecule has 2 aliphatic rings. The minimum atomic E-state index is -3.19. The van der Waals surface area contributed by atoms with E-state index < -0.39 is 12.7 Å². The number of para-hydroxylation sites is 1. The number of carbonyl (C=O) groups is 1. The quantitative estimate of drug-likeness (QED) is 0.251. The Hall–Kier alpha value is -3.36. The molecule has 1 aliphatic heterocycles. The van der Waals surface area contributed by atoms with E-state index in [2.05, 4.69) is 6.07 Å². The summed E-state index contributed by atoms with van der Waals surface area (Å²) in [5.74, 6) is 1.69. The number of hydrogen-bond acceptors (Lipinski definition) is 3. The molecule has 4 aromatic rings. The van der Waals surface area contributed by atoms with Crippen LogP contribution in [0, 0.1) is 0 Å². The van der Waals surface area contributed by atoms with Crippen LogP contribution in [0.1, 0.15) is 48.2 Å². The monoisotopic (exact) mass is 481 g/mol. The molecule has 1 aliphatic carbocycles. The van der Waals surface area contributed by atoms with Crippen LogP contribution in [0.4, 0.5) is 0 Å². The van der Waals surface area contributed by atoms with Gasteiger partial charge in [-0.15, -0.1) is 0 Å². The molecule has 35 heavy (non-hydrogen) atoms. The largest absolute Gasteiger partial charge is 0.449 e. The van der Waals surface area contributed by atoms with Crippen molar-refractivity contribution in [1.29, 1.82) is 0 Å². The molecule has 176 valence electrons. The molecule has 0 saturated heterocycles. The first-order valence-electron chi connectivity index (χ1n) is 12.3. The van der Waals surface area contributed by atoms with Crippen molar-refractivity contribution in [3.05, 3.63) is 102 Å². The number of esters is 1. The minimum Gasteiger partial charge on any atom is -0.449 e. The van der Waals surface area contributed by atoms with Gasteiger partial charge < -0.3 is 13.9 Å². The summed E-state index contributed by atoms with van der Waals surface area (Å²) in [5.41, 5.74) is 2.54. The van der Waals surface area contributed by atoms with Gasteiger partial charge in [0, 0.05) is 39.7 Å². The van der Waals surface area contributed by atoms with E-state index in [0.29, 0.717) is 5.69 Å². The Balaban J connectivity index is 1.71. The summed E-state index contributed by atoms with van der Waals surface area (Å²) >= 11 is 0. The van der Waals surface area contributed by atoms with Gasteiger partial charge in [0.2, 0.25) is 0 Å². The van der Waals surface area contributed by atoms with Gasteiger partial charge in [0.05, 0.1) is 0 Å². The Morgan fingerprint density at radius 3 is 2.03 bits per heavy atom. The van der Waals surface area contributed by atoms with Crippen molar-refractivity contribution in [2.75, 3.05) is 0 Å². The summed E-state index contributed by atoms with van der Waals surface area (Å²) < 4.78 is 23.4. The SMILES string of the molecule is Cn1c2c(c3ccccc31)/C(=C/P(=O)(c1ccccc1)c1ccccc1)C1(CCCCC1)OC2=O. The Morgan fingerprint density at radius 1 is 0.829 bits per heavy atom. The van der Waals surface area contributed by atoms with Crippen LogP contribution in [0.5, 0.6) is 0 Å². The topological polar surface area (TPSA) is 48.3 Å². The zero-order valence-electron chi connectivity index (χ0n) is 19.8. The molecule has 1 fully saturated rings. The zero-order valence-corrected chi connectivity index (χ0v) is 20.7. The molecule has 0 bridgehead atoms. The van der Waals surface area contributed by atoms with Crippen molar-refractivity contribution in [2.45, 2.75) is 37.7 Å². The molecule has 1 saturated carbocycles. The van der Waals surface area contributed by atoms with Crippen molar-refractivity contribution in [3.63, 3.8) is 0 Å². The van der Waals surface area contributed by atoms with Crippen LogP contribution in [-0.2, 0) is 16.3 Å². The van der Waals surface area contributed by atoms with Gasteiger partial charge in [-0.25, -0.2) is 4.79 Å². The predicted molar refractivity (Wildman–Crippen MR) is 142 cm³/mol. The summed E-state index contributed by atoms with van der Waals surface area (Å²) in [5, 5.41) is 2.57. The van der Waals surface area contributed by atoms with E-state index in [1.807, 2.05) is 96.3 Å². The van der Waals surface area contributed by atoms with Gasteiger partial charge in [0.1, 0.15) is 11.3 Å². The molecule has 6 rings (SSSR count). The van der Waals surface area contributed by atoms with Gasteiger partial charge in [-0.3, -0.25) is 0 Å². The lowest BCUT2D eigenvalue weighted by molar-refractivity contribution is -0.0106. The third-order valence-electron chi connectivity index (χ3n) is 7.60. The molecular weight excluding hydrogens is 453 g/mol. The first kappa shape index (κ1) is 22.1. The summed E-state index contributed by atoms with van der Waals surface area (Å²) in [6.45, 7) is 0. The van der Waals surface area contributed by atoms with Crippen LogP contribution in [0.25, 0.3) is 16.5 Å². The molecule has 4 nitrogen and oxygen atoms in total. The smallest absolute Gasteiger partial charge is 0.356 e. The molecule has 1 aromatic heterocycles. The first-order chi connectivity index (χ1) is 17.0. The van der Waals surface area contributed by atoms with Gasteiger partial charge in [-0.05, 0) is 37.6 Å². The predicted octanol–water partition coefficient (Wildman–Crippen LogP) is 6.41. The number of aromatic nitrogens is 1. The maximum atomic E-state index is 15.1. The normalized spacial score (nSPS) is 18.5. The fraction of sp³-hybridized carbons (Fsp3) is 0.233. The van der Waals surface area contributed by atoms with Gasteiger partial charge in [0.25, 0.3) is 0 Å². The maximum absolute atomic E-state index is 15.1. The summed E-state index contributed by atoms with van der Waals surface area (Å²) in [4.78, 5) is 13.5. The van der Waals surface area contributed by atoms with Crippen LogP contribution in [-0.4, -0.2) is 16.1 Å². The average molecular weight is 482 g/mol. The highest BCUT2D eigenvalue weighted by molar-refractivity contribution is 7.81. The molecule has 1 spiro atoms. The van der Waals surface area contributed by atoms with Gasteiger partial charge in [0.15, 0.2) is 7.14 Å². The molecule has 5 heteroatoms. The first-order valence-corrected chi connectivity index (χ1v) is 14.1. The number of benzene rings is 3. The second kappa shape index (κ2) is 8.39. The highest BCUT2D eigenvalue weighted by Crippen LogP contribution is 2.55. The van der Waals surface area contributed by atoms with Crippen molar-refractivity contribution >= 4 is 40.2 Å². The van der Waals surface area contributed by atoms with Crippen LogP contribution < -0.4 is 10.6 Å². The van der Waals surface area contributed by atoms with Crippen molar-refractivity contribution in [3.8, 4) is 0 Å². The van der Waals surface area contributed by atoms with Crippen molar-refractivity contribution in [2.24, 2.45) is 7.05 Å². The van der Waals surface area contributed by atoms with E-state index in [1.165, 1.54) is 0 Å². The van der Waals surface area contributed by atoms with E-state index in [-0.39, 0.29) is 5.97 Å². The summed E-state index contributed by atoms with van der Waals surface area (Å²) in [6.07, 6.45) is 4.56. The molecule has 0 N–H and O–H groups in total. The Labute approximate surface area is 205 Å². The molecule has 0 amide bonds. The highest BCUT2D eigenvalue weighted by atomic mass is 31.2. The number of rotatable bonds is 3. The van der Waals surface area contributed by atoms with Gasteiger partial charge in [-0.1, -0.05) is 85.3 Å². The maximum Gasteiger partial charge on any atom is 0.356 e. The minimum absolute atomic E-state index is 0.285. The number of hydrogen-bond donors (Lipinski definition) is 0. The van der Waals surface area contributed by atoms with Crippen LogP contribution in [0.3, 0.4) is 0 Å². The van der Waals surface area contributed by atoms with E-state index >= 15 is 4.57 Å². The number of nitrogens with zero attached hydrogens (tertiary/aromatic N) is 1. The zero-order chi connectivity index (χ0) is 24.0. The Morgan fingerprint density at radius 2 is 1.40 bits per heavy atom. The lowest BCUT2D eigenvalue weighted by Gasteiger charge is -2.42. The number of ether oxygens (including phenoxy) is 1. The molecule has 0 radical (unpaired) electrons. The lowest BCUT2D eigenvalue weighted by Crippen LogP contribution is -2.42. The summed E-state index contributed by atoms with van der Waals surface area (Å²) in [6, 6.07) is 27.5. The second-order valence-corrected chi connectivity index (χ2v) is 12.2. The Kier molecular flexibility index (Phi) is 5.30. The number of carbonyl (C=O) groups excluding carboxylic acids is 1. The van der Waals surface area contributed by atoms with Crippen molar-refractivity contribution in [1.82, 2.24) is 4.57 Å². The van der Waals surface area contributed by atoms with Gasteiger partial charge >= 0.3 is 5.97 Å². The standard InChI is InChI=1S/C30H28NO3P/c1-31-26-18-10-9-17-24(26)27-25(30(19-11-4-12-20-30)34-29(32)28(27)31)21-35(33,22-13-5-2-6-14-22)23-15-7-3-8-16-23/h2-3,5-10,13-18,21H,4,11-12,19-20H2,1H3/b25-21-. The van der Waals surface area contributed by atoms with Crippen molar-refractivity contribution < 1.29 is 14.1 Å². The fourth-order valence-corrected chi connectivity index (χ4v) is 8.42. The number of fused-ring (bicyclic) bond motifs is 3. The van der Waals surface area contributed by atoms with Crippen LogP contribution in [0.15, 0.2) is 90.7 Å². The van der Waals surface area contributed by atoms with E-state index in [0.717, 1.165) is 64.8 Å². The third kappa shape index (κ3) is 3.43. The van der Waals surface area contributed by atoms with E-state index in [4.69, 9.17) is 4.74 Å². The molecule has 0 atom stereocenters. The average Bonchev–Trinajstić information content (AvgIpc) is 3.21. The molecular formula is C30H28NO3P. The lowest BCUT2D eigenvalue weighted by atomic mass is 9.75. The molecule has 0 unspecified atom stereocenters. The third-order valence-corrected chi connectivity index (χ3v) is 10.4. The second-order valence-electron chi connectivity index (χ2n) is 9.62. The molecule has 2 heterocycles.